The predicted molar refractivity (Wildman–Crippen MR) is 56.8 cm³/mol. The number of hydrogen-bond donors (Lipinski definition) is 3. The predicted octanol–water partition coefficient (Wildman–Crippen LogP) is 1.56. The van der Waals surface area contributed by atoms with E-state index in [1.807, 2.05) is 7.05 Å². The van der Waals surface area contributed by atoms with E-state index in [4.69, 9.17) is 0 Å². The van der Waals surface area contributed by atoms with Crippen LogP contribution in [-0.2, 0) is 6.42 Å². The summed E-state index contributed by atoms with van der Waals surface area (Å²) < 4.78 is 0. The maximum Gasteiger partial charge on any atom is 0.119 e. The fourth-order valence-electron chi connectivity index (χ4n) is 1.38. The Kier molecular flexibility index (Phi) is 3.77. The standard InChI is InChI=1S/C11H17NO2/c1-8-6-11(14)9(7-10(8)13)4-3-5-12-2/h6-7,12-14H,3-5H2,1-2H3. The summed E-state index contributed by atoms with van der Waals surface area (Å²) >= 11 is 0. The number of rotatable bonds is 4. The van der Waals surface area contributed by atoms with Crippen LogP contribution >= 0.6 is 0 Å². The number of phenols is 2. The van der Waals surface area contributed by atoms with Crippen LogP contribution in [-0.4, -0.2) is 23.8 Å². The molecule has 1 aromatic rings. The molecule has 3 nitrogen and oxygen atoms in total. The van der Waals surface area contributed by atoms with Crippen LogP contribution < -0.4 is 5.32 Å². The monoisotopic (exact) mass is 195 g/mol. The van der Waals surface area contributed by atoms with Crippen LogP contribution in [0.2, 0.25) is 0 Å². The van der Waals surface area contributed by atoms with Gasteiger partial charge in [-0.15, -0.1) is 0 Å². The minimum absolute atomic E-state index is 0.252. The lowest BCUT2D eigenvalue weighted by Gasteiger charge is -2.07. The summed E-state index contributed by atoms with van der Waals surface area (Å²) in [7, 11) is 1.90. The van der Waals surface area contributed by atoms with Crippen molar-refractivity contribution < 1.29 is 10.2 Å². The van der Waals surface area contributed by atoms with Gasteiger partial charge in [0.2, 0.25) is 0 Å². The molecule has 1 aromatic carbocycles. The van der Waals surface area contributed by atoms with Crippen molar-refractivity contribution in [3.8, 4) is 11.5 Å². The van der Waals surface area contributed by atoms with Gasteiger partial charge in [-0.25, -0.2) is 0 Å². The minimum atomic E-state index is 0.252. The molecule has 0 bridgehead atoms. The Hall–Kier alpha value is -1.22. The van der Waals surface area contributed by atoms with E-state index < -0.39 is 0 Å². The summed E-state index contributed by atoms with van der Waals surface area (Å²) in [5.41, 5.74) is 1.52. The molecule has 78 valence electrons. The van der Waals surface area contributed by atoms with Gasteiger partial charge in [-0.05, 0) is 56.6 Å². The van der Waals surface area contributed by atoms with Crippen LogP contribution in [0.15, 0.2) is 12.1 Å². The Balaban J connectivity index is 2.72. The number of aryl methyl sites for hydroxylation is 2. The molecule has 3 N–H and O–H groups in total. The smallest absolute Gasteiger partial charge is 0.119 e. The van der Waals surface area contributed by atoms with Crippen molar-refractivity contribution in [3.05, 3.63) is 23.3 Å². The lowest BCUT2D eigenvalue weighted by atomic mass is 10.1. The second kappa shape index (κ2) is 4.86. The Morgan fingerprint density at radius 2 is 1.93 bits per heavy atom. The van der Waals surface area contributed by atoms with E-state index in [9.17, 15) is 10.2 Å². The average Bonchev–Trinajstić information content (AvgIpc) is 2.14. The van der Waals surface area contributed by atoms with Gasteiger partial charge in [-0.2, -0.15) is 0 Å². The Labute approximate surface area is 84.4 Å². The Morgan fingerprint density at radius 1 is 1.21 bits per heavy atom. The fourth-order valence-corrected chi connectivity index (χ4v) is 1.38. The molecule has 0 aliphatic rings. The van der Waals surface area contributed by atoms with Gasteiger partial charge in [-0.1, -0.05) is 0 Å². The van der Waals surface area contributed by atoms with Gasteiger partial charge >= 0.3 is 0 Å². The zero-order chi connectivity index (χ0) is 10.6. The number of phenolic OH excluding ortho intramolecular Hbond substituents is 2. The zero-order valence-electron chi connectivity index (χ0n) is 8.67. The van der Waals surface area contributed by atoms with Crippen molar-refractivity contribution in [1.82, 2.24) is 5.32 Å². The Morgan fingerprint density at radius 3 is 2.57 bits per heavy atom. The van der Waals surface area contributed by atoms with Crippen molar-refractivity contribution in [2.75, 3.05) is 13.6 Å². The molecule has 0 aliphatic carbocycles. The summed E-state index contributed by atoms with van der Waals surface area (Å²) in [6, 6.07) is 3.24. The quantitative estimate of drug-likeness (QED) is 0.505. The van der Waals surface area contributed by atoms with Gasteiger partial charge in [-0.3, -0.25) is 0 Å². The van der Waals surface area contributed by atoms with E-state index in [-0.39, 0.29) is 11.5 Å². The SMILES string of the molecule is CNCCCc1cc(O)c(C)cc1O. The maximum absolute atomic E-state index is 9.58. The lowest BCUT2D eigenvalue weighted by Crippen LogP contribution is -2.08. The molecule has 0 spiro atoms. The summed E-state index contributed by atoms with van der Waals surface area (Å²) in [5, 5.41) is 22.1. The van der Waals surface area contributed by atoms with Gasteiger partial charge in [0.1, 0.15) is 11.5 Å². The van der Waals surface area contributed by atoms with E-state index in [1.165, 1.54) is 0 Å². The minimum Gasteiger partial charge on any atom is -0.508 e. The van der Waals surface area contributed by atoms with Crippen molar-refractivity contribution in [2.24, 2.45) is 0 Å². The molecular weight excluding hydrogens is 178 g/mol. The average molecular weight is 195 g/mol. The van der Waals surface area contributed by atoms with Crippen LogP contribution in [0.4, 0.5) is 0 Å². The largest absolute Gasteiger partial charge is 0.508 e. The first kappa shape index (κ1) is 10.9. The molecule has 3 heteroatoms. The topological polar surface area (TPSA) is 52.5 Å². The highest BCUT2D eigenvalue weighted by Gasteiger charge is 2.05. The summed E-state index contributed by atoms with van der Waals surface area (Å²) in [6.07, 6.45) is 1.73. The fraction of sp³-hybridized carbons (Fsp3) is 0.455. The van der Waals surface area contributed by atoms with Crippen LogP contribution in [0.25, 0.3) is 0 Å². The van der Waals surface area contributed by atoms with E-state index in [1.54, 1.807) is 19.1 Å². The summed E-state index contributed by atoms with van der Waals surface area (Å²) in [6.45, 7) is 2.68. The molecule has 0 saturated carbocycles. The van der Waals surface area contributed by atoms with Gasteiger partial charge in [0.25, 0.3) is 0 Å². The molecule has 0 radical (unpaired) electrons. The van der Waals surface area contributed by atoms with E-state index in [0.29, 0.717) is 5.56 Å². The molecule has 0 unspecified atom stereocenters. The first-order chi connectivity index (χ1) is 6.65. The molecule has 0 aliphatic heterocycles. The van der Waals surface area contributed by atoms with Crippen LogP contribution in [0.3, 0.4) is 0 Å². The number of aromatic hydroxyl groups is 2. The third-order valence-electron chi connectivity index (χ3n) is 2.27. The van der Waals surface area contributed by atoms with Gasteiger partial charge < -0.3 is 15.5 Å². The molecular formula is C11H17NO2. The Bertz CT molecular complexity index is 310. The number of benzene rings is 1. The molecule has 0 atom stereocenters. The molecule has 0 aromatic heterocycles. The highest BCUT2D eigenvalue weighted by Crippen LogP contribution is 2.27. The van der Waals surface area contributed by atoms with Crippen LogP contribution in [0.5, 0.6) is 11.5 Å². The zero-order valence-corrected chi connectivity index (χ0v) is 8.67. The summed E-state index contributed by atoms with van der Waals surface area (Å²) in [5.74, 6) is 0.527. The lowest BCUT2D eigenvalue weighted by molar-refractivity contribution is 0.450. The van der Waals surface area contributed by atoms with Crippen molar-refractivity contribution in [1.29, 1.82) is 0 Å². The van der Waals surface area contributed by atoms with E-state index >= 15 is 0 Å². The number of nitrogens with one attached hydrogen (secondary N) is 1. The second-order valence-electron chi connectivity index (χ2n) is 3.47. The molecule has 0 saturated heterocycles. The van der Waals surface area contributed by atoms with Crippen molar-refractivity contribution in [3.63, 3.8) is 0 Å². The maximum atomic E-state index is 9.58. The second-order valence-corrected chi connectivity index (χ2v) is 3.47. The van der Waals surface area contributed by atoms with E-state index in [0.717, 1.165) is 24.9 Å². The molecule has 0 heterocycles. The highest BCUT2D eigenvalue weighted by molar-refractivity contribution is 5.44. The first-order valence-electron chi connectivity index (χ1n) is 4.81. The normalized spacial score (nSPS) is 10.4. The van der Waals surface area contributed by atoms with Crippen LogP contribution in [0, 0.1) is 6.92 Å². The van der Waals surface area contributed by atoms with Crippen LogP contribution in [0.1, 0.15) is 17.5 Å². The first-order valence-corrected chi connectivity index (χ1v) is 4.81. The van der Waals surface area contributed by atoms with Crippen molar-refractivity contribution >= 4 is 0 Å². The molecule has 0 amide bonds. The third kappa shape index (κ3) is 2.64. The van der Waals surface area contributed by atoms with E-state index in [2.05, 4.69) is 5.32 Å². The molecule has 0 fully saturated rings. The number of hydrogen-bond acceptors (Lipinski definition) is 3. The van der Waals surface area contributed by atoms with Gasteiger partial charge in [0.05, 0.1) is 0 Å². The van der Waals surface area contributed by atoms with Crippen molar-refractivity contribution in [2.45, 2.75) is 19.8 Å². The summed E-state index contributed by atoms with van der Waals surface area (Å²) in [4.78, 5) is 0. The van der Waals surface area contributed by atoms with Gasteiger partial charge in [0, 0.05) is 0 Å². The molecule has 14 heavy (non-hydrogen) atoms. The highest BCUT2D eigenvalue weighted by atomic mass is 16.3. The molecule has 1 rings (SSSR count). The van der Waals surface area contributed by atoms with Gasteiger partial charge in [0.15, 0.2) is 0 Å². The third-order valence-corrected chi connectivity index (χ3v) is 2.27.